The van der Waals surface area contributed by atoms with Gasteiger partial charge in [-0.1, -0.05) is 0 Å². The number of carbonyl (C=O) groups excluding carboxylic acids is 2. The summed E-state index contributed by atoms with van der Waals surface area (Å²) in [5, 5.41) is 0. The molecule has 0 saturated heterocycles. The fourth-order valence-electron chi connectivity index (χ4n) is 2.21. The zero-order valence-corrected chi connectivity index (χ0v) is 11.5. The number of nitrogens with zero attached hydrogens (tertiary/aromatic N) is 1. The summed E-state index contributed by atoms with van der Waals surface area (Å²) in [6.07, 6.45) is 4.70. The van der Waals surface area contributed by atoms with Gasteiger partial charge in [0.05, 0.1) is 49.2 Å². The molecule has 0 N–H and O–H groups in total. The van der Waals surface area contributed by atoms with Crippen LogP contribution in [0.4, 0.5) is 0 Å². The average Bonchev–Trinajstić information content (AvgIpc) is 2.46. The van der Waals surface area contributed by atoms with Crippen molar-refractivity contribution in [1.82, 2.24) is 0 Å². The standard InChI is InChI=1S/C14H17NO5/c1-3-19-13(16)9-7-15-11-5-6-18-8-10(11)12(9)14(17)20-4-2/h5-7,10-11H,3-4,8H2,1-2H3. The molecule has 0 amide bonds. The highest BCUT2D eigenvalue weighted by Crippen LogP contribution is 2.30. The number of rotatable bonds is 4. The maximum absolute atomic E-state index is 12.1. The molecule has 0 saturated carbocycles. The van der Waals surface area contributed by atoms with Crippen molar-refractivity contribution in [3.05, 3.63) is 23.5 Å². The van der Waals surface area contributed by atoms with E-state index < -0.39 is 11.9 Å². The van der Waals surface area contributed by atoms with Crippen LogP contribution in [0, 0.1) is 5.92 Å². The van der Waals surface area contributed by atoms with Gasteiger partial charge in [0.15, 0.2) is 0 Å². The van der Waals surface area contributed by atoms with Crippen LogP contribution >= 0.6 is 0 Å². The SMILES string of the molecule is CCOC(=O)C1=C(C(=O)OCC)C2COC=CC2N=C1. The summed E-state index contributed by atoms with van der Waals surface area (Å²) in [6.45, 7) is 4.18. The summed E-state index contributed by atoms with van der Waals surface area (Å²) < 4.78 is 15.2. The van der Waals surface area contributed by atoms with Gasteiger partial charge < -0.3 is 14.2 Å². The quantitative estimate of drug-likeness (QED) is 0.718. The van der Waals surface area contributed by atoms with Gasteiger partial charge in [0.25, 0.3) is 0 Å². The number of aliphatic imine (C=N–C) groups is 1. The van der Waals surface area contributed by atoms with Crippen LogP contribution in [0.5, 0.6) is 0 Å². The molecular weight excluding hydrogens is 262 g/mol. The van der Waals surface area contributed by atoms with Crippen LogP contribution in [0.15, 0.2) is 28.5 Å². The molecule has 6 heteroatoms. The van der Waals surface area contributed by atoms with Crippen molar-refractivity contribution in [2.24, 2.45) is 10.9 Å². The summed E-state index contributed by atoms with van der Waals surface area (Å²) in [5.74, 6) is -1.40. The van der Waals surface area contributed by atoms with E-state index in [4.69, 9.17) is 14.2 Å². The summed E-state index contributed by atoms with van der Waals surface area (Å²) in [7, 11) is 0. The summed E-state index contributed by atoms with van der Waals surface area (Å²) in [6, 6.07) is -0.207. The first kappa shape index (κ1) is 14.3. The van der Waals surface area contributed by atoms with Crippen molar-refractivity contribution < 1.29 is 23.8 Å². The maximum Gasteiger partial charge on any atom is 0.340 e. The Morgan fingerprint density at radius 3 is 2.70 bits per heavy atom. The molecule has 0 aliphatic carbocycles. The Hall–Kier alpha value is -2.11. The molecule has 2 heterocycles. The first-order chi connectivity index (χ1) is 9.69. The topological polar surface area (TPSA) is 74.2 Å². The molecule has 0 spiro atoms. The zero-order valence-electron chi connectivity index (χ0n) is 11.5. The van der Waals surface area contributed by atoms with E-state index in [1.54, 1.807) is 26.2 Å². The predicted molar refractivity (Wildman–Crippen MR) is 71.2 cm³/mol. The van der Waals surface area contributed by atoms with E-state index in [2.05, 4.69) is 4.99 Å². The van der Waals surface area contributed by atoms with Crippen molar-refractivity contribution in [1.29, 1.82) is 0 Å². The minimum Gasteiger partial charge on any atom is -0.501 e. The Labute approximate surface area is 117 Å². The highest BCUT2D eigenvalue weighted by Gasteiger charge is 2.37. The van der Waals surface area contributed by atoms with Crippen LogP contribution < -0.4 is 0 Å². The molecule has 2 atom stereocenters. The number of dihydropyridines is 1. The summed E-state index contributed by atoms with van der Waals surface area (Å²) in [4.78, 5) is 28.4. The number of hydrogen-bond acceptors (Lipinski definition) is 6. The van der Waals surface area contributed by atoms with Crippen molar-refractivity contribution in [2.75, 3.05) is 19.8 Å². The van der Waals surface area contributed by atoms with Gasteiger partial charge in [0.1, 0.15) is 0 Å². The van der Waals surface area contributed by atoms with Gasteiger partial charge in [-0.15, -0.1) is 0 Å². The zero-order chi connectivity index (χ0) is 14.5. The third-order valence-corrected chi connectivity index (χ3v) is 3.09. The van der Waals surface area contributed by atoms with Crippen LogP contribution in [-0.4, -0.2) is 44.0 Å². The van der Waals surface area contributed by atoms with E-state index in [9.17, 15) is 9.59 Å². The lowest BCUT2D eigenvalue weighted by Crippen LogP contribution is -2.36. The molecule has 108 valence electrons. The smallest absolute Gasteiger partial charge is 0.340 e. The molecular formula is C14H17NO5. The molecule has 0 aromatic carbocycles. The summed E-state index contributed by atoms with van der Waals surface area (Å²) >= 11 is 0. The highest BCUT2D eigenvalue weighted by atomic mass is 16.5. The minimum atomic E-state index is -0.563. The molecule has 2 unspecified atom stereocenters. The lowest BCUT2D eigenvalue weighted by atomic mass is 9.85. The first-order valence-corrected chi connectivity index (χ1v) is 6.58. The molecule has 0 bridgehead atoms. The lowest BCUT2D eigenvalue weighted by molar-refractivity contribution is -0.142. The minimum absolute atomic E-state index is 0.158. The molecule has 6 nitrogen and oxygen atoms in total. The molecule has 2 rings (SSSR count). The Morgan fingerprint density at radius 1 is 1.30 bits per heavy atom. The second-order valence-electron chi connectivity index (χ2n) is 4.31. The summed E-state index contributed by atoms with van der Waals surface area (Å²) in [5.41, 5.74) is 0.445. The average molecular weight is 279 g/mol. The molecule has 0 radical (unpaired) electrons. The number of hydrogen-bond donors (Lipinski definition) is 0. The van der Waals surface area contributed by atoms with Gasteiger partial charge in [-0.05, 0) is 19.9 Å². The van der Waals surface area contributed by atoms with Crippen LogP contribution in [-0.2, 0) is 23.8 Å². The lowest BCUT2D eigenvalue weighted by Gasteiger charge is -2.29. The van der Waals surface area contributed by atoms with E-state index in [1.807, 2.05) is 0 Å². The fraction of sp³-hybridized carbons (Fsp3) is 0.500. The van der Waals surface area contributed by atoms with Gasteiger partial charge in [-0.25, -0.2) is 9.59 Å². The molecule has 0 fully saturated rings. The van der Waals surface area contributed by atoms with Crippen LogP contribution in [0.25, 0.3) is 0 Å². The third kappa shape index (κ3) is 2.74. The monoisotopic (exact) mass is 279 g/mol. The largest absolute Gasteiger partial charge is 0.501 e. The van der Waals surface area contributed by atoms with Gasteiger partial charge >= 0.3 is 11.9 Å². The first-order valence-electron chi connectivity index (χ1n) is 6.58. The van der Waals surface area contributed by atoms with Crippen LogP contribution in [0.3, 0.4) is 0 Å². The van der Waals surface area contributed by atoms with Crippen LogP contribution in [0.2, 0.25) is 0 Å². The van der Waals surface area contributed by atoms with Gasteiger partial charge in [-0.3, -0.25) is 4.99 Å². The molecule has 0 aromatic heterocycles. The highest BCUT2D eigenvalue weighted by molar-refractivity contribution is 6.16. The van der Waals surface area contributed by atoms with Gasteiger partial charge in [0, 0.05) is 6.21 Å². The van der Waals surface area contributed by atoms with Crippen LogP contribution in [0.1, 0.15) is 13.8 Å². The predicted octanol–water partition coefficient (Wildman–Crippen LogP) is 1.02. The van der Waals surface area contributed by atoms with Gasteiger partial charge in [0.2, 0.25) is 0 Å². The molecule has 2 aliphatic rings. The Morgan fingerprint density at radius 2 is 2.00 bits per heavy atom. The number of carbonyl (C=O) groups is 2. The van der Waals surface area contributed by atoms with E-state index >= 15 is 0 Å². The van der Waals surface area contributed by atoms with Crippen molar-refractivity contribution in [3.63, 3.8) is 0 Å². The van der Waals surface area contributed by atoms with Crippen molar-refractivity contribution in [3.8, 4) is 0 Å². The Balaban J connectivity index is 2.39. The maximum atomic E-state index is 12.1. The van der Waals surface area contributed by atoms with E-state index in [0.29, 0.717) is 0 Å². The van der Waals surface area contributed by atoms with E-state index in [0.717, 1.165) is 0 Å². The van der Waals surface area contributed by atoms with Gasteiger partial charge in [-0.2, -0.15) is 0 Å². The molecule has 20 heavy (non-hydrogen) atoms. The normalized spacial score (nSPS) is 23.9. The number of esters is 2. The molecule has 0 aromatic rings. The van der Waals surface area contributed by atoms with Crippen molar-refractivity contribution >= 4 is 18.2 Å². The number of ether oxygens (including phenoxy) is 3. The van der Waals surface area contributed by atoms with E-state index in [1.165, 1.54) is 6.21 Å². The second-order valence-corrected chi connectivity index (χ2v) is 4.31. The fourth-order valence-corrected chi connectivity index (χ4v) is 2.21. The third-order valence-electron chi connectivity index (χ3n) is 3.09. The Bertz CT molecular complexity index is 492. The van der Waals surface area contributed by atoms with Crippen molar-refractivity contribution in [2.45, 2.75) is 19.9 Å². The Kier molecular flexibility index (Phi) is 4.55. The molecule has 2 aliphatic heterocycles. The van der Waals surface area contributed by atoms with E-state index in [-0.39, 0.29) is 42.9 Å². The number of fused-ring (bicyclic) bond motifs is 1. The second kappa shape index (κ2) is 6.36.